The largest absolute Gasteiger partial charge is 0.496 e. The number of hydrogen-bond acceptors (Lipinski definition) is 4. The lowest BCUT2D eigenvalue weighted by Gasteiger charge is -2.18. The van der Waals surface area contributed by atoms with Crippen molar-refractivity contribution in [2.75, 3.05) is 20.2 Å². The summed E-state index contributed by atoms with van der Waals surface area (Å²) in [5.41, 5.74) is 1.68. The Balaban J connectivity index is 1.65. The molecule has 1 atom stereocenters. The van der Waals surface area contributed by atoms with E-state index in [0.717, 1.165) is 12.0 Å². The van der Waals surface area contributed by atoms with Gasteiger partial charge in [0.05, 0.1) is 19.2 Å². The Labute approximate surface area is 135 Å². The van der Waals surface area contributed by atoms with Crippen LogP contribution in [-0.4, -0.2) is 42.1 Å². The lowest BCUT2D eigenvalue weighted by atomic mass is 10.2. The van der Waals surface area contributed by atoms with Gasteiger partial charge < -0.3 is 14.4 Å². The van der Waals surface area contributed by atoms with E-state index in [-0.39, 0.29) is 12.0 Å². The van der Waals surface area contributed by atoms with Crippen molar-refractivity contribution in [3.63, 3.8) is 0 Å². The number of carbonyl (C=O) groups excluding carboxylic acids is 1. The molecule has 1 saturated heterocycles. The number of aromatic nitrogens is 1. The van der Waals surface area contributed by atoms with Gasteiger partial charge >= 0.3 is 0 Å². The maximum atomic E-state index is 12.6. The van der Waals surface area contributed by atoms with E-state index >= 15 is 0 Å². The number of likely N-dealkylation sites (tertiary alicyclic amines) is 1. The highest BCUT2D eigenvalue weighted by atomic mass is 16.5. The average Bonchev–Trinajstić information content (AvgIpc) is 3.05. The number of nitrogens with zero attached hydrogens (tertiary/aromatic N) is 2. The van der Waals surface area contributed by atoms with Crippen molar-refractivity contribution >= 4 is 5.91 Å². The van der Waals surface area contributed by atoms with Crippen LogP contribution >= 0.6 is 0 Å². The van der Waals surface area contributed by atoms with Gasteiger partial charge in [-0.3, -0.25) is 4.79 Å². The normalized spacial score (nSPS) is 17.1. The Hall–Kier alpha value is -2.56. The van der Waals surface area contributed by atoms with E-state index in [9.17, 15) is 4.79 Å². The molecule has 0 radical (unpaired) electrons. The van der Waals surface area contributed by atoms with Crippen molar-refractivity contribution in [2.24, 2.45) is 0 Å². The number of methoxy groups -OCH3 is 1. The molecular formula is C18H20N2O3. The summed E-state index contributed by atoms with van der Waals surface area (Å²) in [4.78, 5) is 18.7. The fourth-order valence-electron chi connectivity index (χ4n) is 2.70. The Morgan fingerprint density at radius 2 is 2.09 bits per heavy atom. The predicted molar refractivity (Wildman–Crippen MR) is 86.9 cm³/mol. The van der Waals surface area contributed by atoms with Gasteiger partial charge in [-0.25, -0.2) is 4.98 Å². The van der Waals surface area contributed by atoms with Crippen LogP contribution in [0.25, 0.3) is 0 Å². The van der Waals surface area contributed by atoms with Crippen LogP contribution in [0.15, 0.2) is 42.6 Å². The maximum absolute atomic E-state index is 12.6. The number of para-hydroxylation sites is 1. The Morgan fingerprint density at radius 1 is 1.26 bits per heavy atom. The van der Waals surface area contributed by atoms with Crippen LogP contribution in [0.2, 0.25) is 0 Å². The van der Waals surface area contributed by atoms with Crippen LogP contribution in [0.4, 0.5) is 0 Å². The molecule has 0 N–H and O–H groups in total. The summed E-state index contributed by atoms with van der Waals surface area (Å²) in [5, 5.41) is 0. The first-order valence-electron chi connectivity index (χ1n) is 7.69. The van der Waals surface area contributed by atoms with E-state index < -0.39 is 0 Å². The van der Waals surface area contributed by atoms with Gasteiger partial charge in [0, 0.05) is 25.2 Å². The van der Waals surface area contributed by atoms with Gasteiger partial charge in [0.2, 0.25) is 5.88 Å². The van der Waals surface area contributed by atoms with Crippen LogP contribution < -0.4 is 9.47 Å². The highest BCUT2D eigenvalue weighted by Gasteiger charge is 2.29. The molecule has 1 unspecified atom stereocenters. The molecule has 0 bridgehead atoms. The minimum Gasteiger partial charge on any atom is -0.496 e. The second kappa shape index (κ2) is 6.69. The van der Waals surface area contributed by atoms with E-state index in [2.05, 4.69) is 4.98 Å². The molecular weight excluding hydrogens is 292 g/mol. The van der Waals surface area contributed by atoms with Gasteiger partial charge in [0.25, 0.3) is 5.91 Å². The highest BCUT2D eigenvalue weighted by Crippen LogP contribution is 2.23. The lowest BCUT2D eigenvalue weighted by Crippen LogP contribution is -2.31. The second-order valence-electron chi connectivity index (χ2n) is 5.65. The van der Waals surface area contributed by atoms with Crippen molar-refractivity contribution in [3.05, 3.63) is 53.7 Å². The van der Waals surface area contributed by atoms with Crippen molar-refractivity contribution in [1.82, 2.24) is 9.88 Å². The van der Waals surface area contributed by atoms with E-state index in [1.54, 1.807) is 30.3 Å². The van der Waals surface area contributed by atoms with Gasteiger partial charge in [-0.05, 0) is 24.6 Å². The molecule has 0 aliphatic carbocycles. The van der Waals surface area contributed by atoms with Crippen LogP contribution in [0.3, 0.4) is 0 Å². The number of carbonyl (C=O) groups is 1. The third-order valence-electron chi connectivity index (χ3n) is 3.94. The number of rotatable bonds is 4. The summed E-state index contributed by atoms with van der Waals surface area (Å²) in [6.45, 7) is 3.22. The Bertz CT molecular complexity index is 685. The topological polar surface area (TPSA) is 51.7 Å². The van der Waals surface area contributed by atoms with Crippen molar-refractivity contribution in [2.45, 2.75) is 19.4 Å². The molecule has 0 spiro atoms. The molecule has 2 heterocycles. The van der Waals surface area contributed by atoms with Crippen molar-refractivity contribution < 1.29 is 14.3 Å². The Kier molecular flexibility index (Phi) is 4.46. The van der Waals surface area contributed by atoms with Crippen LogP contribution in [-0.2, 0) is 0 Å². The molecule has 23 heavy (non-hydrogen) atoms. The van der Waals surface area contributed by atoms with Crippen LogP contribution in [0.1, 0.15) is 22.3 Å². The number of hydrogen-bond donors (Lipinski definition) is 0. The molecule has 1 aliphatic rings. The lowest BCUT2D eigenvalue weighted by molar-refractivity contribution is 0.0768. The summed E-state index contributed by atoms with van der Waals surface area (Å²) < 4.78 is 11.1. The molecule has 1 aromatic carbocycles. The zero-order chi connectivity index (χ0) is 16.2. The van der Waals surface area contributed by atoms with Gasteiger partial charge in [-0.1, -0.05) is 18.2 Å². The standard InChI is InChI=1S/C18H20N2O3/c1-13-7-8-17(19-11-13)23-14-9-10-20(12-14)18(21)15-5-3-4-6-16(15)22-2/h3-8,11,14H,9-10,12H2,1-2H3. The summed E-state index contributed by atoms with van der Waals surface area (Å²) in [6.07, 6.45) is 2.56. The van der Waals surface area contributed by atoms with Crippen LogP contribution in [0, 0.1) is 6.92 Å². The second-order valence-corrected chi connectivity index (χ2v) is 5.65. The van der Waals surface area contributed by atoms with Gasteiger partial charge in [-0.2, -0.15) is 0 Å². The summed E-state index contributed by atoms with van der Waals surface area (Å²) >= 11 is 0. The first-order chi connectivity index (χ1) is 11.2. The molecule has 1 fully saturated rings. The fourth-order valence-corrected chi connectivity index (χ4v) is 2.70. The number of amides is 1. The summed E-state index contributed by atoms with van der Waals surface area (Å²) in [7, 11) is 1.57. The van der Waals surface area contributed by atoms with Crippen molar-refractivity contribution in [1.29, 1.82) is 0 Å². The molecule has 1 aromatic heterocycles. The number of pyridine rings is 1. The van der Waals surface area contributed by atoms with E-state index in [4.69, 9.17) is 9.47 Å². The molecule has 1 amide bonds. The molecule has 5 heteroatoms. The average molecular weight is 312 g/mol. The molecule has 5 nitrogen and oxygen atoms in total. The van der Waals surface area contributed by atoms with E-state index in [1.165, 1.54) is 0 Å². The highest BCUT2D eigenvalue weighted by molar-refractivity contribution is 5.97. The third-order valence-corrected chi connectivity index (χ3v) is 3.94. The molecule has 1 aliphatic heterocycles. The predicted octanol–water partition coefficient (Wildman–Crippen LogP) is 2.69. The minimum absolute atomic E-state index is 0.0228. The first kappa shape index (κ1) is 15.3. The molecule has 0 saturated carbocycles. The quantitative estimate of drug-likeness (QED) is 0.871. The molecule has 2 aromatic rings. The summed E-state index contributed by atoms with van der Waals surface area (Å²) in [5.74, 6) is 1.18. The maximum Gasteiger partial charge on any atom is 0.257 e. The molecule has 120 valence electrons. The van der Waals surface area contributed by atoms with E-state index in [0.29, 0.717) is 30.3 Å². The molecule has 3 rings (SSSR count). The minimum atomic E-state index is -0.0242. The monoisotopic (exact) mass is 312 g/mol. The summed E-state index contributed by atoms with van der Waals surface area (Å²) in [6, 6.07) is 11.1. The Morgan fingerprint density at radius 3 is 2.83 bits per heavy atom. The third kappa shape index (κ3) is 3.44. The smallest absolute Gasteiger partial charge is 0.257 e. The number of ether oxygens (including phenoxy) is 2. The van der Waals surface area contributed by atoms with Crippen molar-refractivity contribution in [3.8, 4) is 11.6 Å². The van der Waals surface area contributed by atoms with E-state index in [1.807, 2.05) is 31.2 Å². The van der Waals surface area contributed by atoms with Crippen LogP contribution in [0.5, 0.6) is 11.6 Å². The number of benzene rings is 1. The first-order valence-corrected chi connectivity index (χ1v) is 7.69. The number of aryl methyl sites for hydroxylation is 1. The zero-order valence-electron chi connectivity index (χ0n) is 13.4. The fraction of sp³-hybridized carbons (Fsp3) is 0.333. The van der Waals surface area contributed by atoms with Gasteiger partial charge in [0.1, 0.15) is 11.9 Å². The van der Waals surface area contributed by atoms with Gasteiger partial charge in [-0.15, -0.1) is 0 Å². The zero-order valence-corrected chi connectivity index (χ0v) is 13.4. The SMILES string of the molecule is COc1ccccc1C(=O)N1CCC(Oc2ccc(C)cn2)C1. The van der Waals surface area contributed by atoms with Gasteiger partial charge in [0.15, 0.2) is 0 Å².